The van der Waals surface area contributed by atoms with E-state index in [0.29, 0.717) is 15.6 Å². The highest BCUT2D eigenvalue weighted by Crippen LogP contribution is 2.27. The molecule has 0 amide bonds. The van der Waals surface area contributed by atoms with Gasteiger partial charge in [0.1, 0.15) is 10.1 Å². The highest BCUT2D eigenvalue weighted by atomic mass is 32.2. The zero-order chi connectivity index (χ0) is 13.0. The first-order valence-electron chi connectivity index (χ1n) is 4.93. The standard InChI is InChI=1S/C12H7N3O2S/c13-7-8-3-5-14-10(6-8)18-11-9(12(16)17)2-1-4-15-11/h1-6H,(H,16,17). The number of aromatic carboxylic acids is 1. The van der Waals surface area contributed by atoms with E-state index < -0.39 is 5.97 Å². The van der Waals surface area contributed by atoms with E-state index in [1.54, 1.807) is 18.2 Å². The molecule has 6 heteroatoms. The molecule has 0 spiro atoms. The van der Waals surface area contributed by atoms with Gasteiger partial charge < -0.3 is 5.11 Å². The lowest BCUT2D eigenvalue weighted by Gasteiger charge is -2.03. The summed E-state index contributed by atoms with van der Waals surface area (Å²) in [5, 5.41) is 18.7. The largest absolute Gasteiger partial charge is 0.478 e. The first-order chi connectivity index (χ1) is 8.70. The predicted octanol–water partition coefficient (Wildman–Crippen LogP) is 2.20. The third kappa shape index (κ3) is 2.64. The molecule has 0 fully saturated rings. The lowest BCUT2D eigenvalue weighted by atomic mass is 10.3. The lowest BCUT2D eigenvalue weighted by Crippen LogP contribution is -2.00. The van der Waals surface area contributed by atoms with Crippen LogP contribution in [0.5, 0.6) is 0 Å². The molecule has 0 saturated heterocycles. The molecule has 5 nitrogen and oxygen atoms in total. The van der Waals surface area contributed by atoms with E-state index in [1.165, 1.54) is 18.5 Å². The number of nitriles is 1. The molecule has 0 aromatic carbocycles. The Bertz CT molecular complexity index is 637. The van der Waals surface area contributed by atoms with Crippen LogP contribution in [0.25, 0.3) is 0 Å². The van der Waals surface area contributed by atoms with Gasteiger partial charge in [-0.2, -0.15) is 5.26 Å². The Kier molecular flexibility index (Phi) is 3.55. The van der Waals surface area contributed by atoms with Crippen molar-refractivity contribution in [3.05, 3.63) is 47.8 Å². The maximum Gasteiger partial charge on any atom is 0.338 e. The molecule has 1 N–H and O–H groups in total. The Morgan fingerprint density at radius 3 is 2.89 bits per heavy atom. The molecule has 2 heterocycles. The van der Waals surface area contributed by atoms with Crippen molar-refractivity contribution in [2.45, 2.75) is 10.1 Å². The molecule has 18 heavy (non-hydrogen) atoms. The molecule has 0 aliphatic carbocycles. The van der Waals surface area contributed by atoms with Gasteiger partial charge in [0.25, 0.3) is 0 Å². The Morgan fingerprint density at radius 2 is 2.17 bits per heavy atom. The number of hydrogen-bond donors (Lipinski definition) is 1. The van der Waals surface area contributed by atoms with E-state index in [0.717, 1.165) is 11.8 Å². The quantitative estimate of drug-likeness (QED) is 0.906. The van der Waals surface area contributed by atoms with Gasteiger partial charge in [0.2, 0.25) is 0 Å². The van der Waals surface area contributed by atoms with Gasteiger partial charge in [-0.25, -0.2) is 14.8 Å². The van der Waals surface area contributed by atoms with Crippen molar-refractivity contribution >= 4 is 17.7 Å². The number of aromatic nitrogens is 2. The zero-order valence-corrected chi connectivity index (χ0v) is 9.89. The summed E-state index contributed by atoms with van der Waals surface area (Å²) in [6, 6.07) is 8.21. The normalized spacial score (nSPS) is 9.72. The summed E-state index contributed by atoms with van der Waals surface area (Å²) < 4.78 is 0. The number of rotatable bonds is 3. The second kappa shape index (κ2) is 5.29. The molecular formula is C12H7N3O2S. The monoisotopic (exact) mass is 257 g/mol. The van der Waals surface area contributed by atoms with Gasteiger partial charge in [0.05, 0.1) is 17.2 Å². The number of carboxylic acid groups (broad SMARTS) is 1. The van der Waals surface area contributed by atoms with Crippen molar-refractivity contribution < 1.29 is 9.90 Å². The minimum absolute atomic E-state index is 0.117. The molecule has 88 valence electrons. The van der Waals surface area contributed by atoms with Gasteiger partial charge in [-0.1, -0.05) is 0 Å². The summed E-state index contributed by atoms with van der Waals surface area (Å²) in [6.07, 6.45) is 3.02. The summed E-state index contributed by atoms with van der Waals surface area (Å²) in [5.41, 5.74) is 0.590. The number of carboxylic acids is 1. The third-order valence-corrected chi connectivity index (χ3v) is 3.02. The second-order valence-corrected chi connectivity index (χ2v) is 4.27. The average Bonchev–Trinajstić information content (AvgIpc) is 2.39. The van der Waals surface area contributed by atoms with Crippen LogP contribution in [-0.2, 0) is 0 Å². The number of nitrogens with zero attached hydrogens (tertiary/aromatic N) is 3. The lowest BCUT2D eigenvalue weighted by molar-refractivity contribution is 0.0692. The molecule has 0 bridgehead atoms. The first kappa shape index (κ1) is 12.1. The summed E-state index contributed by atoms with van der Waals surface area (Å²) >= 11 is 1.12. The predicted molar refractivity (Wildman–Crippen MR) is 64.3 cm³/mol. The van der Waals surface area contributed by atoms with Gasteiger partial charge in [0, 0.05) is 12.4 Å². The van der Waals surface area contributed by atoms with Crippen molar-refractivity contribution in [1.82, 2.24) is 9.97 Å². The van der Waals surface area contributed by atoms with Crippen LogP contribution >= 0.6 is 11.8 Å². The molecule has 0 aliphatic rings. The fourth-order valence-electron chi connectivity index (χ4n) is 1.27. The molecule has 0 aliphatic heterocycles. The van der Waals surface area contributed by atoms with E-state index in [9.17, 15) is 4.79 Å². The van der Waals surface area contributed by atoms with E-state index >= 15 is 0 Å². The van der Waals surface area contributed by atoms with Crippen LogP contribution in [-0.4, -0.2) is 21.0 Å². The van der Waals surface area contributed by atoms with E-state index in [4.69, 9.17) is 10.4 Å². The van der Waals surface area contributed by atoms with Crippen LogP contribution in [0.3, 0.4) is 0 Å². The number of carbonyl (C=O) groups is 1. The van der Waals surface area contributed by atoms with Crippen molar-refractivity contribution in [3.8, 4) is 6.07 Å². The molecule has 0 atom stereocenters. The van der Waals surface area contributed by atoms with Gasteiger partial charge in [0.15, 0.2) is 0 Å². The highest BCUT2D eigenvalue weighted by molar-refractivity contribution is 7.99. The average molecular weight is 257 g/mol. The second-order valence-electron chi connectivity index (χ2n) is 3.26. The summed E-state index contributed by atoms with van der Waals surface area (Å²) in [7, 11) is 0. The fraction of sp³-hybridized carbons (Fsp3) is 0. The molecule has 2 rings (SSSR count). The Morgan fingerprint density at radius 1 is 1.33 bits per heavy atom. The molecule has 0 saturated carbocycles. The van der Waals surface area contributed by atoms with Gasteiger partial charge >= 0.3 is 5.97 Å². The van der Waals surface area contributed by atoms with Crippen molar-refractivity contribution in [1.29, 1.82) is 5.26 Å². The number of pyridine rings is 2. The van der Waals surface area contributed by atoms with Gasteiger partial charge in [-0.05, 0) is 36.0 Å². The summed E-state index contributed by atoms with van der Waals surface area (Å²) in [6.45, 7) is 0. The molecule has 2 aromatic rings. The topological polar surface area (TPSA) is 86.9 Å². The Balaban J connectivity index is 2.34. The van der Waals surface area contributed by atoms with E-state index in [2.05, 4.69) is 9.97 Å². The van der Waals surface area contributed by atoms with Crippen LogP contribution in [0, 0.1) is 11.3 Å². The van der Waals surface area contributed by atoms with Crippen molar-refractivity contribution in [2.24, 2.45) is 0 Å². The molecule has 0 radical (unpaired) electrons. The molecule has 0 unspecified atom stereocenters. The smallest absolute Gasteiger partial charge is 0.338 e. The van der Waals surface area contributed by atoms with E-state index in [1.807, 2.05) is 6.07 Å². The highest BCUT2D eigenvalue weighted by Gasteiger charge is 2.12. The zero-order valence-electron chi connectivity index (χ0n) is 9.07. The SMILES string of the molecule is N#Cc1ccnc(Sc2ncccc2C(=O)O)c1. The van der Waals surface area contributed by atoms with Gasteiger partial charge in [-0.15, -0.1) is 0 Å². The van der Waals surface area contributed by atoms with Crippen LogP contribution < -0.4 is 0 Å². The third-order valence-electron chi connectivity index (χ3n) is 2.07. The van der Waals surface area contributed by atoms with Crippen LogP contribution in [0.2, 0.25) is 0 Å². The summed E-state index contributed by atoms with van der Waals surface area (Å²) in [5.74, 6) is -1.04. The first-order valence-corrected chi connectivity index (χ1v) is 5.74. The van der Waals surface area contributed by atoms with E-state index in [-0.39, 0.29) is 5.56 Å². The Hall–Kier alpha value is -2.39. The minimum atomic E-state index is -1.04. The summed E-state index contributed by atoms with van der Waals surface area (Å²) in [4.78, 5) is 19.1. The van der Waals surface area contributed by atoms with Gasteiger partial charge in [-0.3, -0.25) is 0 Å². The maximum absolute atomic E-state index is 11.0. The minimum Gasteiger partial charge on any atom is -0.478 e. The van der Waals surface area contributed by atoms with Crippen molar-refractivity contribution in [3.63, 3.8) is 0 Å². The van der Waals surface area contributed by atoms with Crippen LogP contribution in [0.1, 0.15) is 15.9 Å². The number of hydrogen-bond acceptors (Lipinski definition) is 5. The fourth-order valence-corrected chi connectivity index (χ4v) is 2.15. The molecule has 2 aromatic heterocycles. The van der Waals surface area contributed by atoms with Crippen LogP contribution in [0.15, 0.2) is 46.7 Å². The Labute approximate surface area is 107 Å². The maximum atomic E-state index is 11.0. The van der Waals surface area contributed by atoms with Crippen molar-refractivity contribution in [2.75, 3.05) is 0 Å². The van der Waals surface area contributed by atoms with Crippen LogP contribution in [0.4, 0.5) is 0 Å². The molecular weight excluding hydrogens is 250 g/mol.